The quantitative estimate of drug-likeness (QED) is 0.779. The van der Waals surface area contributed by atoms with Gasteiger partial charge in [-0.1, -0.05) is 58.0 Å². The fraction of sp³-hybridized carbons (Fsp3) is 0.500. The van der Waals surface area contributed by atoms with Crippen LogP contribution in [0.15, 0.2) is 30.3 Å². The monoisotopic (exact) mass is 223 g/mol. The van der Waals surface area contributed by atoms with E-state index in [2.05, 4.69) is 17.4 Å². The van der Waals surface area contributed by atoms with Crippen LogP contribution in [-0.2, 0) is 11.2 Å². The fourth-order valence-corrected chi connectivity index (χ4v) is 1.14. The van der Waals surface area contributed by atoms with Gasteiger partial charge in [-0.05, 0) is 18.9 Å². The highest BCUT2D eigenvalue weighted by molar-refractivity contribution is 5.46. The highest BCUT2D eigenvalue weighted by Gasteiger charge is 1.99. The van der Waals surface area contributed by atoms with Gasteiger partial charge in [-0.15, -0.1) is 0 Å². The third-order valence-electron chi connectivity index (χ3n) is 1.74. The van der Waals surface area contributed by atoms with Crippen molar-refractivity contribution < 1.29 is 4.79 Å². The number of rotatable bonds is 4. The summed E-state index contributed by atoms with van der Waals surface area (Å²) in [5.74, 6) is 0. The van der Waals surface area contributed by atoms with Crippen molar-refractivity contribution in [3.8, 4) is 0 Å². The van der Waals surface area contributed by atoms with Crippen molar-refractivity contribution in [2.45, 2.75) is 47.1 Å². The molecule has 92 valence electrons. The Morgan fingerprint density at radius 2 is 1.62 bits per heavy atom. The van der Waals surface area contributed by atoms with E-state index in [-0.39, 0.29) is 6.04 Å². The molecule has 2 heteroatoms. The molecule has 1 aromatic rings. The smallest absolute Gasteiger partial charge is 0.207 e. The molecule has 1 aromatic carbocycles. The lowest BCUT2D eigenvalue weighted by Crippen LogP contribution is -2.26. The molecule has 0 saturated heterocycles. The van der Waals surface area contributed by atoms with Gasteiger partial charge in [0.1, 0.15) is 0 Å². The van der Waals surface area contributed by atoms with Crippen LogP contribution in [0.2, 0.25) is 0 Å². The van der Waals surface area contributed by atoms with E-state index < -0.39 is 0 Å². The van der Waals surface area contributed by atoms with E-state index >= 15 is 0 Å². The van der Waals surface area contributed by atoms with Gasteiger partial charge in [-0.3, -0.25) is 4.79 Å². The van der Waals surface area contributed by atoms with Crippen LogP contribution >= 0.6 is 0 Å². The van der Waals surface area contributed by atoms with E-state index in [9.17, 15) is 4.79 Å². The summed E-state index contributed by atoms with van der Waals surface area (Å²) >= 11 is 0. The number of nitrogens with one attached hydrogen (secondary N) is 1. The largest absolute Gasteiger partial charge is 0.356 e. The minimum absolute atomic E-state index is 0.213. The van der Waals surface area contributed by atoms with Crippen molar-refractivity contribution in [1.82, 2.24) is 5.32 Å². The Morgan fingerprint density at radius 1 is 1.12 bits per heavy atom. The van der Waals surface area contributed by atoms with E-state index in [1.165, 1.54) is 5.56 Å². The van der Waals surface area contributed by atoms with E-state index in [1.54, 1.807) is 0 Å². The van der Waals surface area contributed by atoms with Crippen molar-refractivity contribution in [1.29, 1.82) is 0 Å². The second-order valence-corrected chi connectivity index (χ2v) is 2.88. The molecule has 2 nitrogen and oxygen atoms in total. The van der Waals surface area contributed by atoms with Crippen LogP contribution in [0.3, 0.4) is 0 Å². The minimum Gasteiger partial charge on any atom is -0.356 e. The third kappa shape index (κ3) is 9.25. The summed E-state index contributed by atoms with van der Waals surface area (Å²) in [7, 11) is 0. The minimum atomic E-state index is 0.213. The van der Waals surface area contributed by atoms with Crippen molar-refractivity contribution in [3.05, 3.63) is 35.9 Å². The molecule has 1 rings (SSSR count). The molecular weight excluding hydrogens is 198 g/mol. The van der Waals surface area contributed by atoms with Crippen LogP contribution in [0.1, 0.15) is 40.2 Å². The zero-order valence-electron chi connectivity index (χ0n) is 11.2. The summed E-state index contributed by atoms with van der Waals surface area (Å²) in [4.78, 5) is 10.1. The molecule has 0 heterocycles. The van der Waals surface area contributed by atoms with Crippen LogP contribution in [0.5, 0.6) is 0 Å². The maximum absolute atomic E-state index is 10.1. The molecule has 0 aliphatic heterocycles. The standard InChI is InChI=1S/C10H13NO.2C2H6/c1-9(11-8-12)7-10-5-3-2-4-6-10;2*1-2/h2-6,8-9H,7H2,1H3,(H,11,12);2*1-2H3. The van der Waals surface area contributed by atoms with E-state index in [4.69, 9.17) is 0 Å². The summed E-state index contributed by atoms with van der Waals surface area (Å²) in [5, 5.41) is 2.71. The Labute approximate surface area is 100 Å². The van der Waals surface area contributed by atoms with Gasteiger partial charge in [0.05, 0.1) is 0 Å². The van der Waals surface area contributed by atoms with Crippen LogP contribution in [0.4, 0.5) is 0 Å². The molecule has 0 radical (unpaired) electrons. The molecule has 1 N–H and O–H groups in total. The van der Waals surface area contributed by atoms with Crippen molar-refractivity contribution in [3.63, 3.8) is 0 Å². The lowest BCUT2D eigenvalue weighted by atomic mass is 10.1. The molecule has 0 saturated carbocycles. The Morgan fingerprint density at radius 3 is 2.06 bits per heavy atom. The van der Waals surface area contributed by atoms with Gasteiger partial charge in [-0.25, -0.2) is 0 Å². The molecule has 0 aliphatic rings. The predicted octanol–water partition coefficient (Wildman–Crippen LogP) is 3.42. The van der Waals surface area contributed by atoms with Crippen LogP contribution in [0.25, 0.3) is 0 Å². The molecule has 0 fully saturated rings. The molecule has 1 unspecified atom stereocenters. The molecule has 0 aliphatic carbocycles. The van der Waals surface area contributed by atoms with Crippen LogP contribution in [-0.4, -0.2) is 12.5 Å². The molecule has 0 bridgehead atoms. The zero-order valence-corrected chi connectivity index (χ0v) is 11.2. The maximum Gasteiger partial charge on any atom is 0.207 e. The molecule has 1 amide bonds. The summed E-state index contributed by atoms with van der Waals surface area (Å²) < 4.78 is 0. The number of benzene rings is 1. The van der Waals surface area contributed by atoms with Gasteiger partial charge < -0.3 is 5.32 Å². The fourth-order valence-electron chi connectivity index (χ4n) is 1.14. The van der Waals surface area contributed by atoms with E-state index in [0.29, 0.717) is 0 Å². The van der Waals surface area contributed by atoms with E-state index in [0.717, 1.165) is 12.8 Å². The first-order valence-electron chi connectivity index (χ1n) is 6.06. The van der Waals surface area contributed by atoms with Gasteiger partial charge >= 0.3 is 0 Å². The van der Waals surface area contributed by atoms with Crippen molar-refractivity contribution in [2.24, 2.45) is 0 Å². The topological polar surface area (TPSA) is 29.1 Å². The van der Waals surface area contributed by atoms with Gasteiger partial charge in [0, 0.05) is 6.04 Å². The second kappa shape index (κ2) is 13.7. The van der Waals surface area contributed by atoms with Crippen LogP contribution < -0.4 is 5.32 Å². The lowest BCUT2D eigenvalue weighted by Gasteiger charge is -2.08. The van der Waals surface area contributed by atoms with Gasteiger partial charge in [0.25, 0.3) is 0 Å². The van der Waals surface area contributed by atoms with Gasteiger partial charge in [0.2, 0.25) is 6.41 Å². The van der Waals surface area contributed by atoms with Crippen molar-refractivity contribution in [2.75, 3.05) is 0 Å². The molecule has 1 atom stereocenters. The summed E-state index contributed by atoms with van der Waals surface area (Å²) in [6.07, 6.45) is 1.63. The first-order chi connectivity index (χ1) is 7.83. The maximum atomic E-state index is 10.1. The summed E-state index contributed by atoms with van der Waals surface area (Å²) in [6.45, 7) is 9.99. The molecule has 16 heavy (non-hydrogen) atoms. The SMILES string of the molecule is CC.CC.CC(Cc1ccccc1)NC=O. The summed E-state index contributed by atoms with van der Waals surface area (Å²) in [6, 6.07) is 10.3. The zero-order chi connectivity index (χ0) is 12.8. The number of hydrogen-bond donors (Lipinski definition) is 1. The molecule has 0 aromatic heterocycles. The number of carbonyl (C=O) groups is 1. The normalized spacial score (nSPS) is 9.81. The average molecular weight is 223 g/mol. The molecular formula is C14H25NO. The van der Waals surface area contributed by atoms with Crippen molar-refractivity contribution >= 4 is 6.41 Å². The Kier molecular flexibility index (Phi) is 14.6. The van der Waals surface area contributed by atoms with E-state index in [1.807, 2.05) is 52.8 Å². The highest BCUT2D eigenvalue weighted by atomic mass is 16.1. The van der Waals surface area contributed by atoms with Gasteiger partial charge in [0.15, 0.2) is 0 Å². The first-order valence-corrected chi connectivity index (χ1v) is 6.06. The first kappa shape index (κ1) is 17.1. The predicted molar refractivity (Wildman–Crippen MR) is 71.5 cm³/mol. The number of carbonyl (C=O) groups excluding carboxylic acids is 1. The lowest BCUT2D eigenvalue weighted by molar-refractivity contribution is -0.110. The van der Waals surface area contributed by atoms with Crippen LogP contribution in [0, 0.1) is 0 Å². The highest BCUT2D eigenvalue weighted by Crippen LogP contribution is 2.01. The Hall–Kier alpha value is -1.31. The summed E-state index contributed by atoms with van der Waals surface area (Å²) in [5.41, 5.74) is 1.25. The third-order valence-corrected chi connectivity index (χ3v) is 1.74. The average Bonchev–Trinajstić information content (AvgIpc) is 2.36. The number of hydrogen-bond acceptors (Lipinski definition) is 1. The molecule has 0 spiro atoms. The van der Waals surface area contributed by atoms with Gasteiger partial charge in [-0.2, -0.15) is 0 Å². The Balaban J connectivity index is 0. The second-order valence-electron chi connectivity index (χ2n) is 2.88. The number of amides is 1. The Bertz CT molecular complexity index is 234.